The zero-order valence-corrected chi connectivity index (χ0v) is 20.6. The van der Waals surface area contributed by atoms with Crippen molar-refractivity contribution >= 4 is 35.0 Å². The fourth-order valence-corrected chi connectivity index (χ4v) is 5.30. The van der Waals surface area contributed by atoms with Crippen molar-refractivity contribution in [2.75, 3.05) is 16.0 Å². The quantitative estimate of drug-likeness (QED) is 0.477. The summed E-state index contributed by atoms with van der Waals surface area (Å²) < 4.78 is 0. The number of nitrogens with one attached hydrogen (secondary N) is 1. The van der Waals surface area contributed by atoms with E-state index in [1.807, 2.05) is 67.3 Å². The Hall–Kier alpha value is -3.05. The minimum absolute atomic E-state index is 0.0431. The standard InChI is InChI=1S/C28H30N2O2S/c1-18-13-19(2)15-24(14-18)30-25(31)17-33-27(30)21-7-6-8-23(16-21)29-26(32)20-9-11-22(12-10-20)28(3,4)5/h6-16,27H,17H2,1-5H3,(H,29,32)/t27-/m1/s1. The van der Waals surface area contributed by atoms with Crippen LogP contribution in [0.2, 0.25) is 0 Å². The molecule has 0 radical (unpaired) electrons. The van der Waals surface area contributed by atoms with E-state index in [0.29, 0.717) is 11.3 Å². The van der Waals surface area contributed by atoms with Gasteiger partial charge in [-0.1, -0.05) is 51.1 Å². The number of amides is 2. The second kappa shape index (κ2) is 9.06. The zero-order valence-electron chi connectivity index (χ0n) is 19.8. The molecule has 5 heteroatoms. The molecule has 1 aliphatic heterocycles. The third kappa shape index (κ3) is 5.14. The summed E-state index contributed by atoms with van der Waals surface area (Å²) in [6.45, 7) is 10.6. The molecule has 3 aromatic rings. The van der Waals surface area contributed by atoms with Gasteiger partial charge in [0.2, 0.25) is 5.91 Å². The highest BCUT2D eigenvalue weighted by Crippen LogP contribution is 2.42. The molecular weight excluding hydrogens is 428 g/mol. The molecule has 1 heterocycles. The molecular formula is C28H30N2O2S. The number of nitrogens with zero attached hydrogens (tertiary/aromatic N) is 1. The predicted molar refractivity (Wildman–Crippen MR) is 138 cm³/mol. The summed E-state index contributed by atoms with van der Waals surface area (Å²) in [5.41, 5.74) is 6.75. The summed E-state index contributed by atoms with van der Waals surface area (Å²) in [7, 11) is 0. The van der Waals surface area contributed by atoms with Gasteiger partial charge in [-0.25, -0.2) is 0 Å². The van der Waals surface area contributed by atoms with Crippen LogP contribution in [0.5, 0.6) is 0 Å². The van der Waals surface area contributed by atoms with Crippen LogP contribution < -0.4 is 10.2 Å². The first-order chi connectivity index (χ1) is 15.6. The maximum absolute atomic E-state index is 12.8. The molecule has 0 spiro atoms. The number of rotatable bonds is 4. The summed E-state index contributed by atoms with van der Waals surface area (Å²) >= 11 is 1.61. The van der Waals surface area contributed by atoms with E-state index in [2.05, 4.69) is 44.3 Å². The summed E-state index contributed by atoms with van der Waals surface area (Å²) in [5, 5.41) is 2.89. The SMILES string of the molecule is Cc1cc(C)cc(N2C(=O)CS[C@@H]2c2cccc(NC(=O)c3ccc(C(C)(C)C)cc3)c2)c1. The molecule has 0 aromatic heterocycles. The Kier molecular flexibility index (Phi) is 6.35. The molecule has 1 aliphatic rings. The highest BCUT2D eigenvalue weighted by atomic mass is 32.2. The molecule has 0 bridgehead atoms. The van der Waals surface area contributed by atoms with Crippen molar-refractivity contribution in [3.8, 4) is 0 Å². The molecule has 1 atom stereocenters. The normalized spacial score (nSPS) is 16.2. The van der Waals surface area contributed by atoms with Gasteiger partial charge in [-0.2, -0.15) is 0 Å². The second-order valence-corrected chi connectivity index (χ2v) is 10.7. The fraction of sp³-hybridized carbons (Fsp3) is 0.286. The van der Waals surface area contributed by atoms with Crippen molar-refractivity contribution in [2.45, 2.75) is 45.4 Å². The highest BCUT2D eigenvalue weighted by Gasteiger charge is 2.34. The summed E-state index contributed by atoms with van der Waals surface area (Å²) in [6.07, 6.45) is 0. The second-order valence-electron chi connectivity index (χ2n) is 9.68. The van der Waals surface area contributed by atoms with Gasteiger partial charge < -0.3 is 5.32 Å². The van der Waals surface area contributed by atoms with Gasteiger partial charge in [0.1, 0.15) is 5.37 Å². The van der Waals surface area contributed by atoms with Crippen molar-refractivity contribution < 1.29 is 9.59 Å². The van der Waals surface area contributed by atoms with Crippen LogP contribution in [0.1, 0.15) is 58.8 Å². The van der Waals surface area contributed by atoms with E-state index >= 15 is 0 Å². The summed E-state index contributed by atoms with van der Waals surface area (Å²) in [4.78, 5) is 27.5. The number of carbonyl (C=O) groups is 2. The van der Waals surface area contributed by atoms with Gasteiger partial charge in [-0.15, -0.1) is 11.8 Å². The lowest BCUT2D eigenvalue weighted by atomic mass is 9.87. The first-order valence-electron chi connectivity index (χ1n) is 11.2. The first-order valence-corrected chi connectivity index (χ1v) is 12.2. The number of hydrogen-bond donors (Lipinski definition) is 1. The van der Waals surface area contributed by atoms with E-state index in [1.165, 1.54) is 5.56 Å². The highest BCUT2D eigenvalue weighted by molar-refractivity contribution is 8.00. The van der Waals surface area contributed by atoms with Crippen molar-refractivity contribution in [1.82, 2.24) is 0 Å². The number of aryl methyl sites for hydroxylation is 2. The molecule has 4 nitrogen and oxygen atoms in total. The van der Waals surface area contributed by atoms with E-state index in [4.69, 9.17) is 0 Å². The smallest absolute Gasteiger partial charge is 0.255 e. The fourth-order valence-electron chi connectivity index (χ4n) is 4.13. The molecule has 2 amide bonds. The number of anilines is 2. The van der Waals surface area contributed by atoms with Crippen LogP contribution in [-0.2, 0) is 10.2 Å². The summed E-state index contributed by atoms with van der Waals surface area (Å²) in [5.74, 6) is 0.395. The zero-order chi connectivity index (χ0) is 23.8. The Balaban J connectivity index is 1.56. The number of thioether (sulfide) groups is 1. The van der Waals surface area contributed by atoms with Crippen LogP contribution in [-0.4, -0.2) is 17.6 Å². The van der Waals surface area contributed by atoms with Crippen LogP contribution in [0.3, 0.4) is 0 Å². The van der Waals surface area contributed by atoms with Crippen molar-refractivity contribution in [3.63, 3.8) is 0 Å². The van der Waals surface area contributed by atoms with Crippen LogP contribution in [0.25, 0.3) is 0 Å². The van der Waals surface area contributed by atoms with Gasteiger partial charge in [0.15, 0.2) is 0 Å². The average Bonchev–Trinajstić information content (AvgIpc) is 3.14. The van der Waals surface area contributed by atoms with Gasteiger partial charge in [0.25, 0.3) is 5.91 Å². The molecule has 33 heavy (non-hydrogen) atoms. The van der Waals surface area contributed by atoms with Crippen LogP contribution in [0.4, 0.5) is 11.4 Å². The minimum atomic E-state index is -0.145. The molecule has 1 N–H and O–H groups in total. The molecule has 0 unspecified atom stereocenters. The van der Waals surface area contributed by atoms with E-state index in [-0.39, 0.29) is 22.6 Å². The predicted octanol–water partition coefficient (Wildman–Crippen LogP) is 6.63. The van der Waals surface area contributed by atoms with Crippen molar-refractivity contribution in [3.05, 3.63) is 94.5 Å². The number of benzene rings is 3. The first kappa shape index (κ1) is 23.1. The van der Waals surface area contributed by atoms with Crippen LogP contribution >= 0.6 is 11.8 Å². The topological polar surface area (TPSA) is 49.4 Å². The molecule has 170 valence electrons. The lowest BCUT2D eigenvalue weighted by molar-refractivity contribution is -0.115. The van der Waals surface area contributed by atoms with Crippen LogP contribution in [0.15, 0.2) is 66.7 Å². The number of hydrogen-bond acceptors (Lipinski definition) is 3. The molecule has 0 saturated carbocycles. The van der Waals surface area contributed by atoms with E-state index in [9.17, 15) is 9.59 Å². The molecule has 1 fully saturated rings. The molecule has 1 saturated heterocycles. The lowest BCUT2D eigenvalue weighted by Crippen LogP contribution is -2.28. The summed E-state index contributed by atoms with van der Waals surface area (Å²) in [6, 6.07) is 21.8. The van der Waals surface area contributed by atoms with E-state index in [0.717, 1.165) is 28.1 Å². The monoisotopic (exact) mass is 458 g/mol. The molecule has 4 rings (SSSR count). The Labute approximate surface area is 200 Å². The minimum Gasteiger partial charge on any atom is -0.322 e. The Bertz CT molecular complexity index is 1180. The molecule has 3 aromatic carbocycles. The van der Waals surface area contributed by atoms with Gasteiger partial charge in [-0.05, 0) is 77.9 Å². The van der Waals surface area contributed by atoms with Gasteiger partial charge in [-0.3, -0.25) is 14.5 Å². The van der Waals surface area contributed by atoms with Crippen molar-refractivity contribution in [1.29, 1.82) is 0 Å². The average molecular weight is 459 g/mol. The van der Waals surface area contributed by atoms with Gasteiger partial charge >= 0.3 is 0 Å². The Morgan fingerprint density at radius 2 is 1.64 bits per heavy atom. The largest absolute Gasteiger partial charge is 0.322 e. The Morgan fingerprint density at radius 1 is 0.970 bits per heavy atom. The van der Waals surface area contributed by atoms with Gasteiger partial charge in [0.05, 0.1) is 5.75 Å². The Morgan fingerprint density at radius 3 is 2.27 bits per heavy atom. The maximum Gasteiger partial charge on any atom is 0.255 e. The van der Waals surface area contributed by atoms with Crippen molar-refractivity contribution in [2.24, 2.45) is 0 Å². The lowest BCUT2D eigenvalue weighted by Gasteiger charge is -2.25. The third-order valence-corrected chi connectivity index (χ3v) is 7.01. The number of carbonyl (C=O) groups excluding carboxylic acids is 2. The maximum atomic E-state index is 12.8. The van der Waals surface area contributed by atoms with E-state index in [1.54, 1.807) is 11.8 Å². The van der Waals surface area contributed by atoms with Crippen LogP contribution in [0, 0.1) is 13.8 Å². The molecule has 0 aliphatic carbocycles. The van der Waals surface area contributed by atoms with E-state index < -0.39 is 0 Å². The third-order valence-electron chi connectivity index (χ3n) is 5.80. The van der Waals surface area contributed by atoms with Gasteiger partial charge in [0, 0.05) is 16.9 Å².